The van der Waals surface area contributed by atoms with E-state index in [1.54, 1.807) is 24.3 Å². The van der Waals surface area contributed by atoms with Crippen molar-refractivity contribution in [2.24, 2.45) is 0 Å². The number of sulfonamides is 1. The number of benzene rings is 3. The quantitative estimate of drug-likeness (QED) is 0.513. The van der Waals surface area contributed by atoms with Gasteiger partial charge in [-0.05, 0) is 60.2 Å². The molecule has 0 saturated heterocycles. The van der Waals surface area contributed by atoms with Crippen molar-refractivity contribution in [3.8, 4) is 0 Å². The summed E-state index contributed by atoms with van der Waals surface area (Å²) < 4.78 is 27.5. The summed E-state index contributed by atoms with van der Waals surface area (Å²) in [5.74, 6) is -0.368. The number of hydrogen-bond acceptors (Lipinski definition) is 4. The lowest BCUT2D eigenvalue weighted by Gasteiger charge is -2.11. The summed E-state index contributed by atoms with van der Waals surface area (Å²) in [4.78, 5) is 12.2. The summed E-state index contributed by atoms with van der Waals surface area (Å²) in [5, 5.41) is 12.2. The molecule has 0 radical (unpaired) electrons. The van der Waals surface area contributed by atoms with E-state index >= 15 is 0 Å². The monoisotopic (exact) mass is 450 g/mol. The standard InChI is InChI=1S/C20H16Cl2N2O4S/c21-15-6-9-18(22)19(11-15)29(27,28)24-16-7-4-14(5-8-16)20(26)23-17-3-1-2-13(10-17)12-25/h1-11,24-25H,12H2,(H,23,26). The Kier molecular flexibility index (Phi) is 6.44. The Hall–Kier alpha value is -2.58. The number of carbonyl (C=O) groups excluding carboxylic acids is 1. The van der Waals surface area contributed by atoms with Crippen LogP contribution in [0.4, 0.5) is 11.4 Å². The van der Waals surface area contributed by atoms with Crippen molar-refractivity contribution in [1.29, 1.82) is 0 Å². The van der Waals surface area contributed by atoms with E-state index in [0.29, 0.717) is 16.8 Å². The van der Waals surface area contributed by atoms with Gasteiger partial charge in [0.1, 0.15) is 4.90 Å². The van der Waals surface area contributed by atoms with E-state index in [1.807, 2.05) is 0 Å². The first-order valence-corrected chi connectivity index (χ1v) is 10.6. The fourth-order valence-corrected chi connectivity index (χ4v) is 4.36. The zero-order chi connectivity index (χ0) is 21.0. The number of carbonyl (C=O) groups is 1. The normalized spacial score (nSPS) is 11.1. The minimum Gasteiger partial charge on any atom is -0.392 e. The van der Waals surface area contributed by atoms with Crippen LogP contribution in [-0.2, 0) is 16.6 Å². The number of aliphatic hydroxyl groups excluding tert-OH is 1. The maximum Gasteiger partial charge on any atom is 0.263 e. The molecule has 29 heavy (non-hydrogen) atoms. The molecule has 0 unspecified atom stereocenters. The molecule has 3 aromatic rings. The van der Waals surface area contributed by atoms with Gasteiger partial charge in [-0.3, -0.25) is 9.52 Å². The van der Waals surface area contributed by atoms with Crippen LogP contribution in [0.15, 0.2) is 71.6 Å². The molecule has 6 nitrogen and oxygen atoms in total. The molecule has 0 saturated carbocycles. The van der Waals surface area contributed by atoms with Gasteiger partial charge in [-0.1, -0.05) is 35.3 Å². The van der Waals surface area contributed by atoms with E-state index in [2.05, 4.69) is 10.0 Å². The van der Waals surface area contributed by atoms with E-state index in [1.165, 1.54) is 42.5 Å². The molecule has 0 atom stereocenters. The van der Waals surface area contributed by atoms with Crippen LogP contribution in [0.2, 0.25) is 10.0 Å². The maximum absolute atomic E-state index is 12.5. The highest BCUT2D eigenvalue weighted by atomic mass is 35.5. The van der Waals surface area contributed by atoms with Gasteiger partial charge >= 0.3 is 0 Å². The topological polar surface area (TPSA) is 95.5 Å². The van der Waals surface area contributed by atoms with Gasteiger partial charge in [0, 0.05) is 22.0 Å². The van der Waals surface area contributed by atoms with E-state index in [-0.39, 0.29) is 33.1 Å². The van der Waals surface area contributed by atoms with Gasteiger partial charge in [-0.2, -0.15) is 0 Å². The molecule has 0 heterocycles. The fourth-order valence-electron chi connectivity index (χ4n) is 2.53. The molecule has 0 aliphatic rings. The third-order valence-corrected chi connectivity index (χ3v) is 6.05. The van der Waals surface area contributed by atoms with Crippen molar-refractivity contribution in [3.63, 3.8) is 0 Å². The van der Waals surface area contributed by atoms with Crippen LogP contribution in [0.5, 0.6) is 0 Å². The molecule has 0 fully saturated rings. The largest absolute Gasteiger partial charge is 0.392 e. The van der Waals surface area contributed by atoms with Crippen molar-refractivity contribution in [2.75, 3.05) is 10.0 Å². The summed E-state index contributed by atoms with van der Waals surface area (Å²) in [7, 11) is -3.95. The van der Waals surface area contributed by atoms with E-state index < -0.39 is 10.0 Å². The van der Waals surface area contributed by atoms with Gasteiger partial charge < -0.3 is 10.4 Å². The fraction of sp³-hybridized carbons (Fsp3) is 0.0500. The van der Waals surface area contributed by atoms with Gasteiger partial charge in [0.2, 0.25) is 0 Å². The van der Waals surface area contributed by atoms with Gasteiger partial charge in [-0.25, -0.2) is 8.42 Å². The molecule has 3 rings (SSSR count). The minimum absolute atomic E-state index is 0.0445. The third kappa shape index (κ3) is 5.27. The number of aliphatic hydroxyl groups is 1. The highest BCUT2D eigenvalue weighted by Gasteiger charge is 2.19. The minimum atomic E-state index is -3.95. The van der Waals surface area contributed by atoms with Crippen LogP contribution in [0.1, 0.15) is 15.9 Å². The smallest absolute Gasteiger partial charge is 0.263 e. The number of halogens is 2. The van der Waals surface area contributed by atoms with Gasteiger partial charge in [0.15, 0.2) is 0 Å². The van der Waals surface area contributed by atoms with Crippen molar-refractivity contribution in [3.05, 3.63) is 87.9 Å². The second-order valence-corrected chi connectivity index (χ2v) is 8.56. The number of hydrogen-bond donors (Lipinski definition) is 3. The molecule has 0 aliphatic carbocycles. The molecule has 3 N–H and O–H groups in total. The number of anilines is 2. The Balaban J connectivity index is 1.74. The van der Waals surface area contributed by atoms with E-state index in [9.17, 15) is 13.2 Å². The number of nitrogens with one attached hydrogen (secondary N) is 2. The lowest BCUT2D eigenvalue weighted by Crippen LogP contribution is -2.14. The van der Waals surface area contributed by atoms with Crippen molar-refractivity contribution >= 4 is 50.5 Å². The molecule has 0 spiro atoms. The van der Waals surface area contributed by atoms with Crippen molar-refractivity contribution in [2.45, 2.75) is 11.5 Å². The molecule has 0 aromatic heterocycles. The van der Waals surface area contributed by atoms with Crippen LogP contribution < -0.4 is 10.0 Å². The Bertz CT molecular complexity index is 1150. The Morgan fingerprint density at radius 2 is 1.66 bits per heavy atom. The Morgan fingerprint density at radius 1 is 0.931 bits per heavy atom. The summed E-state index contributed by atoms with van der Waals surface area (Å²) in [6.07, 6.45) is 0. The molecule has 1 amide bonds. The van der Waals surface area contributed by atoms with Crippen LogP contribution >= 0.6 is 23.2 Å². The third-order valence-electron chi connectivity index (χ3n) is 3.95. The maximum atomic E-state index is 12.5. The average molecular weight is 451 g/mol. The van der Waals surface area contributed by atoms with Crippen molar-refractivity contribution in [1.82, 2.24) is 0 Å². The predicted molar refractivity (Wildman–Crippen MR) is 114 cm³/mol. The first-order valence-electron chi connectivity index (χ1n) is 8.37. The highest BCUT2D eigenvalue weighted by molar-refractivity contribution is 7.92. The van der Waals surface area contributed by atoms with Gasteiger partial charge in [0.25, 0.3) is 15.9 Å². The van der Waals surface area contributed by atoms with E-state index in [4.69, 9.17) is 28.3 Å². The van der Waals surface area contributed by atoms with Gasteiger partial charge in [0.05, 0.1) is 11.6 Å². The average Bonchev–Trinajstić information content (AvgIpc) is 2.70. The predicted octanol–water partition coefficient (Wildman–Crippen LogP) is 4.54. The molecular weight excluding hydrogens is 435 g/mol. The molecule has 0 bridgehead atoms. The van der Waals surface area contributed by atoms with Gasteiger partial charge in [-0.15, -0.1) is 0 Å². The van der Waals surface area contributed by atoms with Crippen molar-refractivity contribution < 1.29 is 18.3 Å². The second kappa shape index (κ2) is 8.84. The summed E-state index contributed by atoms with van der Waals surface area (Å²) in [6.45, 7) is -0.130. The number of amides is 1. The molecule has 9 heteroatoms. The summed E-state index contributed by atoms with van der Waals surface area (Å²) in [5.41, 5.74) is 1.82. The number of rotatable bonds is 6. The van der Waals surface area contributed by atoms with E-state index in [0.717, 1.165) is 0 Å². The molecule has 150 valence electrons. The zero-order valence-electron chi connectivity index (χ0n) is 14.9. The molecule has 0 aliphatic heterocycles. The van der Waals surface area contributed by atoms with Crippen LogP contribution in [-0.4, -0.2) is 19.4 Å². The zero-order valence-corrected chi connectivity index (χ0v) is 17.2. The van der Waals surface area contributed by atoms with Crippen LogP contribution in [0.3, 0.4) is 0 Å². The Morgan fingerprint density at radius 3 is 2.34 bits per heavy atom. The molecular formula is C20H16Cl2N2O4S. The first-order chi connectivity index (χ1) is 13.8. The summed E-state index contributed by atoms with van der Waals surface area (Å²) >= 11 is 11.8. The highest BCUT2D eigenvalue weighted by Crippen LogP contribution is 2.27. The first kappa shape index (κ1) is 21.1. The lowest BCUT2D eigenvalue weighted by atomic mass is 10.1. The lowest BCUT2D eigenvalue weighted by molar-refractivity contribution is 0.102. The molecule has 3 aromatic carbocycles. The SMILES string of the molecule is O=C(Nc1cccc(CO)c1)c1ccc(NS(=O)(=O)c2cc(Cl)ccc2Cl)cc1. The second-order valence-electron chi connectivity index (χ2n) is 6.07. The van der Waals surface area contributed by atoms with Crippen LogP contribution in [0, 0.1) is 0 Å². The summed E-state index contributed by atoms with van der Waals surface area (Å²) in [6, 6.07) is 16.9. The Labute approximate surface area is 178 Å². The van der Waals surface area contributed by atoms with Crippen LogP contribution in [0.25, 0.3) is 0 Å².